The van der Waals surface area contributed by atoms with Crippen molar-refractivity contribution in [3.8, 4) is 0 Å². The maximum Gasteiger partial charge on any atom is 0.247 e. The number of aliphatic imine (C=N–C) groups is 1. The number of allylic oxidation sites excluding steroid dienone is 4. The van der Waals surface area contributed by atoms with E-state index in [2.05, 4.69) is 11.1 Å². The molecule has 0 radical (unpaired) electrons. The number of nitrogens with zero attached hydrogens (tertiary/aromatic N) is 1. The van der Waals surface area contributed by atoms with Gasteiger partial charge in [0.15, 0.2) is 0 Å². The maximum atomic E-state index is 11.4. The van der Waals surface area contributed by atoms with E-state index < -0.39 is 0 Å². The molecule has 3 heteroatoms. The summed E-state index contributed by atoms with van der Waals surface area (Å²) < 4.78 is 0. The van der Waals surface area contributed by atoms with Crippen molar-refractivity contribution >= 4 is 17.3 Å². The summed E-state index contributed by atoms with van der Waals surface area (Å²) >= 11 is 0. The molecular formula is C11H9NO2. The zero-order valence-corrected chi connectivity index (χ0v) is 7.67. The van der Waals surface area contributed by atoms with Gasteiger partial charge in [0.2, 0.25) is 11.6 Å². The largest absolute Gasteiger partial charge is 0.290 e. The Kier molecular flexibility index (Phi) is 1.40. The lowest BCUT2D eigenvalue weighted by atomic mass is 9.92. The van der Waals surface area contributed by atoms with Gasteiger partial charge in [-0.25, -0.2) is 4.99 Å². The molecule has 0 saturated heterocycles. The van der Waals surface area contributed by atoms with Crippen LogP contribution in [0.5, 0.6) is 0 Å². The summed E-state index contributed by atoms with van der Waals surface area (Å²) in [5.41, 5.74) is 3.40. The van der Waals surface area contributed by atoms with Crippen LogP contribution in [0.25, 0.3) is 0 Å². The van der Waals surface area contributed by atoms with E-state index in [-0.39, 0.29) is 18.0 Å². The Hall–Kier alpha value is -1.51. The van der Waals surface area contributed by atoms with E-state index in [1.165, 1.54) is 0 Å². The van der Waals surface area contributed by atoms with Crippen LogP contribution in [0.15, 0.2) is 27.9 Å². The predicted molar refractivity (Wildman–Crippen MR) is 51.0 cm³/mol. The number of fused-ring (bicyclic) bond motifs is 2. The zero-order chi connectivity index (χ0) is 9.71. The molecule has 0 spiro atoms. The Morgan fingerprint density at radius 2 is 2.14 bits per heavy atom. The van der Waals surface area contributed by atoms with Crippen LogP contribution in [0.1, 0.15) is 25.7 Å². The lowest BCUT2D eigenvalue weighted by Crippen LogP contribution is -2.11. The summed E-state index contributed by atoms with van der Waals surface area (Å²) in [6.45, 7) is 0. The van der Waals surface area contributed by atoms with E-state index >= 15 is 0 Å². The molecule has 0 atom stereocenters. The Balaban J connectivity index is 2.13. The molecule has 0 aromatic heterocycles. The average molecular weight is 187 g/mol. The highest BCUT2D eigenvalue weighted by atomic mass is 16.2. The highest BCUT2D eigenvalue weighted by Gasteiger charge is 2.38. The third-order valence-electron chi connectivity index (χ3n) is 2.94. The van der Waals surface area contributed by atoms with Crippen molar-refractivity contribution < 1.29 is 9.59 Å². The Morgan fingerprint density at radius 1 is 1.29 bits per heavy atom. The van der Waals surface area contributed by atoms with E-state index in [4.69, 9.17) is 0 Å². The molecule has 0 aromatic carbocycles. The predicted octanol–water partition coefficient (Wildman–Crippen LogP) is 1.35. The molecule has 70 valence electrons. The fourth-order valence-electron chi connectivity index (χ4n) is 2.25. The van der Waals surface area contributed by atoms with Crippen molar-refractivity contribution in [2.24, 2.45) is 4.99 Å². The first kappa shape index (κ1) is 7.85. The van der Waals surface area contributed by atoms with Gasteiger partial charge in [-0.3, -0.25) is 9.59 Å². The maximum absolute atomic E-state index is 11.4. The van der Waals surface area contributed by atoms with Crippen LogP contribution >= 0.6 is 0 Å². The fourth-order valence-corrected chi connectivity index (χ4v) is 2.25. The number of hydrogen-bond donors (Lipinski definition) is 0. The quantitative estimate of drug-likeness (QED) is 0.537. The molecule has 0 fully saturated rings. The monoisotopic (exact) mass is 187 g/mol. The minimum absolute atomic E-state index is 0.271. The number of rotatable bonds is 0. The average Bonchev–Trinajstić information content (AvgIpc) is 2.67. The molecule has 0 bridgehead atoms. The lowest BCUT2D eigenvalue weighted by molar-refractivity contribution is -0.133. The van der Waals surface area contributed by atoms with Gasteiger partial charge < -0.3 is 0 Å². The SMILES string of the molecule is O=C1CC2=C(N=C3CCCC=C32)C1=O. The Labute approximate surface area is 81.2 Å². The lowest BCUT2D eigenvalue weighted by Gasteiger charge is -2.11. The van der Waals surface area contributed by atoms with Crippen LogP contribution < -0.4 is 0 Å². The van der Waals surface area contributed by atoms with Gasteiger partial charge in [0.25, 0.3) is 0 Å². The Bertz CT molecular complexity index is 452. The van der Waals surface area contributed by atoms with Gasteiger partial charge in [-0.05, 0) is 30.4 Å². The minimum atomic E-state index is -0.386. The Morgan fingerprint density at radius 3 is 3.00 bits per heavy atom. The molecular weight excluding hydrogens is 178 g/mol. The minimum Gasteiger partial charge on any atom is -0.290 e. The highest BCUT2D eigenvalue weighted by Crippen LogP contribution is 2.37. The van der Waals surface area contributed by atoms with Crippen LogP contribution in [-0.2, 0) is 9.59 Å². The third kappa shape index (κ3) is 0.842. The molecule has 0 saturated carbocycles. The normalized spacial score (nSPS) is 24.9. The van der Waals surface area contributed by atoms with Gasteiger partial charge in [-0.1, -0.05) is 6.08 Å². The molecule has 0 N–H and O–H groups in total. The molecule has 3 rings (SSSR count). The van der Waals surface area contributed by atoms with E-state index in [1.807, 2.05) is 0 Å². The first-order chi connectivity index (χ1) is 6.77. The topological polar surface area (TPSA) is 46.5 Å². The van der Waals surface area contributed by atoms with Crippen molar-refractivity contribution in [1.82, 2.24) is 0 Å². The first-order valence-electron chi connectivity index (χ1n) is 4.86. The second kappa shape index (κ2) is 2.50. The molecule has 1 heterocycles. The summed E-state index contributed by atoms with van der Waals surface area (Å²) in [5, 5.41) is 0. The summed E-state index contributed by atoms with van der Waals surface area (Å²) in [5.74, 6) is -0.688. The third-order valence-corrected chi connectivity index (χ3v) is 2.94. The summed E-state index contributed by atoms with van der Waals surface area (Å²) in [6, 6.07) is 0. The van der Waals surface area contributed by atoms with Crippen LogP contribution in [0.2, 0.25) is 0 Å². The highest BCUT2D eigenvalue weighted by molar-refractivity contribution is 6.48. The van der Waals surface area contributed by atoms with Gasteiger partial charge >= 0.3 is 0 Å². The van der Waals surface area contributed by atoms with Crippen molar-refractivity contribution in [3.63, 3.8) is 0 Å². The molecule has 3 nitrogen and oxygen atoms in total. The second-order valence-corrected chi connectivity index (χ2v) is 3.82. The van der Waals surface area contributed by atoms with Crippen molar-refractivity contribution in [2.45, 2.75) is 25.7 Å². The van der Waals surface area contributed by atoms with Gasteiger partial charge in [0.05, 0.1) is 0 Å². The number of hydrogen-bond acceptors (Lipinski definition) is 3. The van der Waals surface area contributed by atoms with Crippen LogP contribution in [0.4, 0.5) is 0 Å². The molecule has 2 aliphatic carbocycles. The first-order valence-corrected chi connectivity index (χ1v) is 4.86. The van der Waals surface area contributed by atoms with E-state index in [9.17, 15) is 9.59 Å². The summed E-state index contributed by atoms with van der Waals surface area (Å²) in [7, 11) is 0. The number of carbonyl (C=O) groups excluding carboxylic acids is 2. The van der Waals surface area contributed by atoms with Crippen molar-refractivity contribution in [2.75, 3.05) is 0 Å². The van der Waals surface area contributed by atoms with Crippen molar-refractivity contribution in [1.29, 1.82) is 0 Å². The molecule has 0 amide bonds. The van der Waals surface area contributed by atoms with E-state index in [0.717, 1.165) is 36.1 Å². The van der Waals surface area contributed by atoms with Gasteiger partial charge in [-0.2, -0.15) is 0 Å². The fraction of sp³-hybridized carbons (Fsp3) is 0.364. The molecule has 3 aliphatic rings. The van der Waals surface area contributed by atoms with Crippen molar-refractivity contribution in [3.05, 3.63) is 22.9 Å². The smallest absolute Gasteiger partial charge is 0.247 e. The van der Waals surface area contributed by atoms with Gasteiger partial charge in [-0.15, -0.1) is 0 Å². The number of carbonyl (C=O) groups is 2. The standard InChI is InChI=1S/C11H9NO2/c13-9-5-7-6-3-1-2-4-8(6)12-10(7)11(9)14/h3H,1-2,4-5H2. The van der Waals surface area contributed by atoms with Crippen LogP contribution in [-0.4, -0.2) is 17.3 Å². The van der Waals surface area contributed by atoms with Gasteiger partial charge in [0.1, 0.15) is 5.70 Å². The number of Topliss-reactive ketones (excluding diaryl/α,β-unsaturated/α-hetero) is 2. The number of ketones is 2. The van der Waals surface area contributed by atoms with E-state index in [1.54, 1.807) is 0 Å². The van der Waals surface area contributed by atoms with Gasteiger partial charge in [0, 0.05) is 12.1 Å². The van der Waals surface area contributed by atoms with Crippen LogP contribution in [0.3, 0.4) is 0 Å². The second-order valence-electron chi connectivity index (χ2n) is 3.82. The summed E-state index contributed by atoms with van der Waals surface area (Å²) in [4.78, 5) is 26.8. The molecule has 14 heavy (non-hydrogen) atoms. The molecule has 0 unspecified atom stereocenters. The van der Waals surface area contributed by atoms with E-state index in [0.29, 0.717) is 5.70 Å². The molecule has 1 aliphatic heterocycles. The van der Waals surface area contributed by atoms with Crippen LogP contribution in [0, 0.1) is 0 Å². The zero-order valence-electron chi connectivity index (χ0n) is 7.67. The molecule has 0 aromatic rings. The summed E-state index contributed by atoms with van der Waals surface area (Å²) in [6.07, 6.45) is 5.46.